The number of allylic oxidation sites excluding steroid dienone is 2. The summed E-state index contributed by atoms with van der Waals surface area (Å²) < 4.78 is 4.30. The number of anilines is 1. The highest BCUT2D eigenvalue weighted by Crippen LogP contribution is 2.20. The zero-order valence-corrected chi connectivity index (χ0v) is 15.4. The molecule has 1 aliphatic rings. The number of hydrogen-bond donors (Lipinski definition) is 3. The highest BCUT2D eigenvalue weighted by Gasteiger charge is 2.19. The molecule has 0 atom stereocenters. The highest BCUT2D eigenvalue weighted by molar-refractivity contribution is 7.08. The van der Waals surface area contributed by atoms with Gasteiger partial charge in [-0.1, -0.05) is 6.58 Å². The quantitative estimate of drug-likeness (QED) is 0.277. The smallest absolute Gasteiger partial charge is 0.179 e. The lowest BCUT2D eigenvalue weighted by Crippen LogP contribution is -2.34. The fraction of sp³-hybridized carbons (Fsp3) is 0.118. The van der Waals surface area contributed by atoms with E-state index in [0.717, 1.165) is 27.5 Å². The van der Waals surface area contributed by atoms with Gasteiger partial charge in [-0.05, 0) is 42.7 Å². The van der Waals surface area contributed by atoms with Gasteiger partial charge in [-0.2, -0.15) is 14.6 Å². The van der Waals surface area contributed by atoms with E-state index in [9.17, 15) is 0 Å². The number of nitrogens with one attached hydrogen (secondary N) is 2. The standard InChI is InChI=1S/C17H17N9S/c1-10-7-14(27-25-10)12-4-3-11(2)26(24-12)15(23-18)8-20-13-5-6-19-17-16(13)21-9-22-17/h3-7,9H,2,8,18H2,1H3,(H2,19,20,21,22)/b23-15-. The van der Waals surface area contributed by atoms with Crippen LogP contribution < -0.4 is 11.2 Å². The van der Waals surface area contributed by atoms with Crippen molar-refractivity contribution in [3.05, 3.63) is 59.7 Å². The van der Waals surface area contributed by atoms with Gasteiger partial charge in [0.05, 0.1) is 34.8 Å². The number of imidazole rings is 1. The van der Waals surface area contributed by atoms with Gasteiger partial charge in [0.25, 0.3) is 0 Å². The Morgan fingerprint density at radius 2 is 2.30 bits per heavy atom. The Bertz CT molecular complexity index is 1090. The van der Waals surface area contributed by atoms with E-state index in [-0.39, 0.29) is 0 Å². The lowest BCUT2D eigenvalue weighted by atomic mass is 10.2. The lowest BCUT2D eigenvalue weighted by Gasteiger charge is -2.24. The summed E-state index contributed by atoms with van der Waals surface area (Å²) in [6.07, 6.45) is 7.08. The maximum absolute atomic E-state index is 5.64. The molecule has 0 spiro atoms. The van der Waals surface area contributed by atoms with Gasteiger partial charge in [-0.25, -0.2) is 15.0 Å². The maximum atomic E-state index is 5.64. The van der Waals surface area contributed by atoms with Gasteiger partial charge >= 0.3 is 0 Å². The van der Waals surface area contributed by atoms with Crippen LogP contribution in [0.15, 0.2) is 59.3 Å². The zero-order chi connectivity index (χ0) is 18.8. The average molecular weight is 379 g/mol. The summed E-state index contributed by atoms with van der Waals surface area (Å²) in [5, 5.41) is 13.5. The number of aromatic nitrogens is 4. The number of aryl methyl sites for hydroxylation is 1. The van der Waals surface area contributed by atoms with E-state index in [0.29, 0.717) is 23.7 Å². The van der Waals surface area contributed by atoms with E-state index in [2.05, 4.69) is 41.4 Å². The Hall–Kier alpha value is -3.53. The van der Waals surface area contributed by atoms with Gasteiger partial charge in [-0.3, -0.25) is 0 Å². The predicted octanol–water partition coefficient (Wildman–Crippen LogP) is 2.20. The molecule has 27 heavy (non-hydrogen) atoms. The van der Waals surface area contributed by atoms with Crippen LogP contribution in [-0.2, 0) is 0 Å². The van der Waals surface area contributed by atoms with E-state index in [1.165, 1.54) is 11.5 Å². The molecule has 0 radical (unpaired) electrons. The first kappa shape index (κ1) is 16.9. The summed E-state index contributed by atoms with van der Waals surface area (Å²) in [5.41, 5.74) is 4.71. The zero-order valence-electron chi connectivity index (χ0n) is 14.5. The summed E-state index contributed by atoms with van der Waals surface area (Å²) in [6, 6.07) is 3.85. The first-order valence-corrected chi connectivity index (χ1v) is 8.91. The highest BCUT2D eigenvalue weighted by atomic mass is 32.1. The molecular formula is C17H17N9S. The van der Waals surface area contributed by atoms with Crippen LogP contribution in [0.25, 0.3) is 11.2 Å². The fourth-order valence-corrected chi connectivity index (χ4v) is 3.36. The normalized spacial score (nSPS) is 14.7. The molecule has 136 valence electrons. The SMILES string of the molecule is C=C1C=CC(c2cc(C)ns2)=NN1/C(CNc1ccnc2nc[nH]c12)=N\N. The van der Waals surface area contributed by atoms with Crippen molar-refractivity contribution < 1.29 is 0 Å². The molecule has 3 aromatic heterocycles. The van der Waals surface area contributed by atoms with E-state index in [1.54, 1.807) is 17.5 Å². The Labute approximate surface area is 159 Å². The van der Waals surface area contributed by atoms with Gasteiger partial charge < -0.3 is 16.1 Å². The van der Waals surface area contributed by atoms with Crippen molar-refractivity contribution >= 4 is 39.9 Å². The van der Waals surface area contributed by atoms with Crippen LogP contribution in [0.1, 0.15) is 10.6 Å². The van der Waals surface area contributed by atoms with Crippen molar-refractivity contribution in [3.8, 4) is 0 Å². The van der Waals surface area contributed by atoms with Gasteiger partial charge in [0.15, 0.2) is 11.5 Å². The summed E-state index contributed by atoms with van der Waals surface area (Å²) >= 11 is 1.40. The van der Waals surface area contributed by atoms with Crippen LogP contribution in [0.2, 0.25) is 0 Å². The second kappa shape index (κ2) is 7.00. The summed E-state index contributed by atoms with van der Waals surface area (Å²) in [5.74, 6) is 6.16. The number of fused-ring (bicyclic) bond motifs is 1. The minimum absolute atomic E-state index is 0.347. The summed E-state index contributed by atoms with van der Waals surface area (Å²) in [6.45, 7) is 6.32. The molecule has 0 amide bonds. The minimum Gasteiger partial charge on any atom is -0.376 e. The number of aromatic amines is 1. The monoisotopic (exact) mass is 379 g/mol. The van der Waals surface area contributed by atoms with Gasteiger partial charge in [0, 0.05) is 6.20 Å². The van der Waals surface area contributed by atoms with Crippen molar-refractivity contribution in [2.75, 3.05) is 11.9 Å². The first-order chi connectivity index (χ1) is 13.2. The molecule has 0 unspecified atom stereocenters. The minimum atomic E-state index is 0.347. The van der Waals surface area contributed by atoms with Crippen LogP contribution in [0.5, 0.6) is 0 Å². The summed E-state index contributed by atoms with van der Waals surface area (Å²) in [7, 11) is 0. The third kappa shape index (κ3) is 3.29. The number of H-pyrrole nitrogens is 1. The number of nitrogens with two attached hydrogens (primary N) is 1. The number of amidine groups is 1. The molecule has 4 heterocycles. The van der Waals surface area contributed by atoms with Gasteiger partial charge in [0.1, 0.15) is 11.2 Å². The molecule has 0 aromatic carbocycles. The van der Waals surface area contributed by atoms with Crippen LogP contribution in [0.3, 0.4) is 0 Å². The van der Waals surface area contributed by atoms with Gasteiger partial charge in [0.2, 0.25) is 0 Å². The van der Waals surface area contributed by atoms with E-state index in [4.69, 9.17) is 5.84 Å². The predicted molar refractivity (Wildman–Crippen MR) is 108 cm³/mol. The molecule has 0 fully saturated rings. The number of nitrogens with zero attached hydrogens (tertiary/aromatic N) is 6. The molecule has 0 aliphatic carbocycles. The third-order valence-corrected chi connectivity index (χ3v) is 4.85. The Morgan fingerprint density at radius 1 is 1.41 bits per heavy atom. The second-order valence-electron chi connectivity index (χ2n) is 5.81. The maximum Gasteiger partial charge on any atom is 0.179 e. The Kier molecular flexibility index (Phi) is 4.38. The Morgan fingerprint density at radius 3 is 3.07 bits per heavy atom. The number of rotatable bonds is 4. The molecule has 0 saturated heterocycles. The van der Waals surface area contributed by atoms with Crippen LogP contribution in [0.4, 0.5) is 5.69 Å². The fourth-order valence-electron chi connectivity index (χ4n) is 2.64. The second-order valence-corrected chi connectivity index (χ2v) is 6.62. The molecule has 10 heteroatoms. The molecular weight excluding hydrogens is 362 g/mol. The van der Waals surface area contributed by atoms with Crippen LogP contribution in [-0.4, -0.2) is 42.4 Å². The molecule has 4 rings (SSSR count). The molecule has 9 nitrogen and oxygen atoms in total. The molecule has 0 bridgehead atoms. The van der Waals surface area contributed by atoms with E-state index < -0.39 is 0 Å². The van der Waals surface area contributed by atoms with E-state index >= 15 is 0 Å². The van der Waals surface area contributed by atoms with Crippen molar-refractivity contribution in [3.63, 3.8) is 0 Å². The largest absolute Gasteiger partial charge is 0.376 e. The number of pyridine rings is 1. The molecule has 3 aromatic rings. The average Bonchev–Trinajstić information content (AvgIpc) is 3.32. The van der Waals surface area contributed by atoms with Crippen molar-refractivity contribution in [2.24, 2.45) is 16.0 Å². The number of hydrazone groups is 2. The van der Waals surface area contributed by atoms with Crippen molar-refractivity contribution in [2.45, 2.75) is 6.92 Å². The lowest BCUT2D eigenvalue weighted by molar-refractivity contribution is 0.557. The van der Waals surface area contributed by atoms with Crippen LogP contribution in [0, 0.1) is 6.92 Å². The Balaban J connectivity index is 1.56. The van der Waals surface area contributed by atoms with Gasteiger partial charge in [-0.15, -0.1) is 0 Å². The third-order valence-electron chi connectivity index (χ3n) is 3.95. The topological polar surface area (TPSA) is 120 Å². The number of hydrogen-bond acceptors (Lipinski definition) is 8. The molecule has 0 saturated carbocycles. The van der Waals surface area contributed by atoms with Crippen molar-refractivity contribution in [1.29, 1.82) is 0 Å². The first-order valence-electron chi connectivity index (χ1n) is 8.14. The molecule has 1 aliphatic heterocycles. The van der Waals surface area contributed by atoms with E-state index in [1.807, 2.05) is 31.2 Å². The van der Waals surface area contributed by atoms with Crippen molar-refractivity contribution in [1.82, 2.24) is 24.3 Å². The van der Waals surface area contributed by atoms with Crippen LogP contribution >= 0.6 is 11.5 Å². The summed E-state index contributed by atoms with van der Waals surface area (Å²) in [4.78, 5) is 12.4. The molecule has 4 N–H and O–H groups in total.